The minimum Gasteiger partial charge on any atom is -0.482 e. The van der Waals surface area contributed by atoms with Crippen LogP contribution >= 0.6 is 0 Å². The number of amides is 2. The van der Waals surface area contributed by atoms with Gasteiger partial charge in [0.1, 0.15) is 17.4 Å². The summed E-state index contributed by atoms with van der Waals surface area (Å²) in [6.45, 7) is 4.49. The quantitative estimate of drug-likeness (QED) is 0.422. The molecule has 0 radical (unpaired) electrons. The Hall–Kier alpha value is -3.36. The van der Waals surface area contributed by atoms with Gasteiger partial charge < -0.3 is 25.4 Å². The van der Waals surface area contributed by atoms with E-state index in [2.05, 4.69) is 29.4 Å². The first-order chi connectivity index (χ1) is 16.2. The molecule has 1 aliphatic carbocycles. The van der Waals surface area contributed by atoms with Gasteiger partial charge in [-0.15, -0.1) is 0 Å². The summed E-state index contributed by atoms with van der Waals surface area (Å²) < 4.78 is 32.4. The van der Waals surface area contributed by atoms with Crippen molar-refractivity contribution in [1.29, 1.82) is 0 Å². The van der Waals surface area contributed by atoms with Gasteiger partial charge in [-0.1, -0.05) is 33.1 Å². The standard InChI is InChI=1S/C25H31F2N3O4/c1-16(2)14-30(20-6-4-3-5-7-20)23-9-8-21(34-15-24(31)32)13-22(23)29-25(33)28-19-11-17(26)10-18(27)12-19/h8-13,16,20H,3-7,14-15H2,1-2H3,(H,31,32)(H2,28,29,33). The maximum absolute atomic E-state index is 13.5. The summed E-state index contributed by atoms with van der Waals surface area (Å²) in [6.07, 6.45) is 5.54. The van der Waals surface area contributed by atoms with Crippen molar-refractivity contribution in [2.24, 2.45) is 5.92 Å². The molecule has 2 aromatic carbocycles. The summed E-state index contributed by atoms with van der Waals surface area (Å²) in [6, 6.07) is 7.44. The number of nitrogens with zero attached hydrogens (tertiary/aromatic N) is 1. The molecule has 9 heteroatoms. The molecule has 1 aliphatic rings. The Kier molecular flexibility index (Phi) is 8.67. The van der Waals surface area contributed by atoms with Gasteiger partial charge in [-0.3, -0.25) is 0 Å². The molecule has 0 saturated heterocycles. The van der Waals surface area contributed by atoms with Crippen molar-refractivity contribution in [2.75, 3.05) is 28.7 Å². The maximum atomic E-state index is 13.5. The second kappa shape index (κ2) is 11.7. The van der Waals surface area contributed by atoms with Gasteiger partial charge in [-0.05, 0) is 43.0 Å². The summed E-state index contributed by atoms with van der Waals surface area (Å²) in [5, 5.41) is 14.1. The van der Waals surface area contributed by atoms with E-state index in [1.54, 1.807) is 12.1 Å². The average Bonchev–Trinajstić information content (AvgIpc) is 2.76. The first kappa shape index (κ1) is 25.3. The number of carbonyl (C=O) groups is 2. The molecule has 0 aliphatic heterocycles. The Labute approximate surface area is 198 Å². The predicted molar refractivity (Wildman–Crippen MR) is 128 cm³/mol. The number of ether oxygens (including phenoxy) is 1. The van der Waals surface area contributed by atoms with Crippen molar-refractivity contribution < 1.29 is 28.2 Å². The third-order valence-corrected chi connectivity index (χ3v) is 5.59. The number of aliphatic carboxylic acids is 1. The number of halogens is 2. The summed E-state index contributed by atoms with van der Waals surface area (Å²) in [7, 11) is 0. The predicted octanol–water partition coefficient (Wildman–Crippen LogP) is 5.87. The number of carbonyl (C=O) groups excluding carboxylic acids is 1. The topological polar surface area (TPSA) is 90.9 Å². The number of rotatable bonds is 9. The molecule has 2 amide bonds. The van der Waals surface area contributed by atoms with Gasteiger partial charge in [0.25, 0.3) is 0 Å². The van der Waals surface area contributed by atoms with E-state index < -0.39 is 30.2 Å². The van der Waals surface area contributed by atoms with Gasteiger partial charge in [-0.2, -0.15) is 0 Å². The van der Waals surface area contributed by atoms with E-state index in [-0.39, 0.29) is 11.4 Å². The molecule has 3 N–H and O–H groups in total. The Bertz CT molecular complexity index is 989. The highest BCUT2D eigenvalue weighted by Gasteiger charge is 2.25. The molecular weight excluding hydrogens is 444 g/mol. The number of anilines is 3. The van der Waals surface area contributed by atoms with Crippen molar-refractivity contribution >= 4 is 29.1 Å². The first-order valence-electron chi connectivity index (χ1n) is 11.5. The van der Waals surface area contributed by atoms with Gasteiger partial charge >= 0.3 is 12.0 Å². The fourth-order valence-corrected chi connectivity index (χ4v) is 4.24. The molecule has 0 bridgehead atoms. The van der Waals surface area contributed by atoms with Crippen LogP contribution in [0.2, 0.25) is 0 Å². The maximum Gasteiger partial charge on any atom is 0.341 e. The van der Waals surface area contributed by atoms with Crippen LogP contribution < -0.4 is 20.3 Å². The van der Waals surface area contributed by atoms with Crippen molar-refractivity contribution in [3.05, 3.63) is 48.0 Å². The third kappa shape index (κ3) is 7.33. The molecule has 7 nitrogen and oxygen atoms in total. The zero-order chi connectivity index (χ0) is 24.7. The summed E-state index contributed by atoms with van der Waals surface area (Å²) in [4.78, 5) is 25.9. The van der Waals surface area contributed by atoms with Gasteiger partial charge in [0, 0.05) is 30.4 Å². The molecule has 0 aromatic heterocycles. The van der Waals surface area contributed by atoms with Crippen LogP contribution in [0.25, 0.3) is 0 Å². The molecule has 0 atom stereocenters. The van der Waals surface area contributed by atoms with Crippen LogP contribution in [-0.4, -0.2) is 36.3 Å². The van der Waals surface area contributed by atoms with E-state index in [4.69, 9.17) is 9.84 Å². The van der Waals surface area contributed by atoms with E-state index in [9.17, 15) is 18.4 Å². The van der Waals surface area contributed by atoms with Crippen LogP contribution in [0.5, 0.6) is 5.75 Å². The molecular formula is C25H31F2N3O4. The van der Waals surface area contributed by atoms with E-state index in [0.717, 1.165) is 56.1 Å². The van der Waals surface area contributed by atoms with E-state index in [1.807, 2.05) is 6.07 Å². The lowest BCUT2D eigenvalue weighted by Crippen LogP contribution is -2.40. The number of benzene rings is 2. The normalized spacial score (nSPS) is 14.0. The Morgan fingerprint density at radius 2 is 1.74 bits per heavy atom. The highest BCUT2D eigenvalue weighted by atomic mass is 19.1. The molecule has 1 fully saturated rings. The molecule has 34 heavy (non-hydrogen) atoms. The van der Waals surface area contributed by atoms with Crippen molar-refractivity contribution in [3.8, 4) is 5.75 Å². The lowest BCUT2D eigenvalue weighted by atomic mass is 9.93. The Morgan fingerprint density at radius 1 is 1.06 bits per heavy atom. The second-order valence-electron chi connectivity index (χ2n) is 8.94. The molecule has 0 spiro atoms. The Balaban J connectivity index is 1.90. The highest BCUT2D eigenvalue weighted by molar-refractivity contribution is 6.02. The minimum atomic E-state index is -1.12. The molecule has 0 heterocycles. The van der Waals surface area contributed by atoms with Crippen LogP contribution in [0.3, 0.4) is 0 Å². The number of hydrogen-bond donors (Lipinski definition) is 3. The van der Waals surface area contributed by atoms with Crippen LogP contribution in [0.1, 0.15) is 46.0 Å². The number of carboxylic acid groups (broad SMARTS) is 1. The first-order valence-corrected chi connectivity index (χ1v) is 11.5. The zero-order valence-electron chi connectivity index (χ0n) is 19.4. The van der Waals surface area contributed by atoms with Crippen LogP contribution in [0.4, 0.5) is 30.6 Å². The monoisotopic (exact) mass is 475 g/mol. The number of hydrogen-bond acceptors (Lipinski definition) is 4. The van der Waals surface area contributed by atoms with Crippen LogP contribution in [0, 0.1) is 17.6 Å². The number of carboxylic acids is 1. The minimum absolute atomic E-state index is 0.0267. The fraction of sp³-hybridized carbons (Fsp3) is 0.440. The molecule has 3 rings (SSSR count). The molecule has 184 valence electrons. The highest BCUT2D eigenvalue weighted by Crippen LogP contribution is 2.36. The number of nitrogens with one attached hydrogen (secondary N) is 2. The van der Waals surface area contributed by atoms with Gasteiger partial charge in [0.2, 0.25) is 0 Å². The largest absolute Gasteiger partial charge is 0.482 e. The van der Waals surface area contributed by atoms with Crippen LogP contribution in [0.15, 0.2) is 36.4 Å². The lowest BCUT2D eigenvalue weighted by Gasteiger charge is -2.38. The summed E-state index contributed by atoms with van der Waals surface area (Å²) in [5.74, 6) is -2.08. The molecule has 1 saturated carbocycles. The van der Waals surface area contributed by atoms with E-state index in [0.29, 0.717) is 17.6 Å². The zero-order valence-corrected chi connectivity index (χ0v) is 19.4. The smallest absolute Gasteiger partial charge is 0.341 e. The van der Waals surface area contributed by atoms with Crippen LogP contribution in [-0.2, 0) is 4.79 Å². The van der Waals surface area contributed by atoms with Crippen molar-refractivity contribution in [2.45, 2.75) is 52.0 Å². The Morgan fingerprint density at radius 3 is 2.35 bits per heavy atom. The van der Waals surface area contributed by atoms with E-state index in [1.165, 1.54) is 6.42 Å². The lowest BCUT2D eigenvalue weighted by molar-refractivity contribution is -0.139. The summed E-state index contributed by atoms with van der Waals surface area (Å²) in [5.41, 5.74) is 1.17. The molecule has 0 unspecified atom stereocenters. The van der Waals surface area contributed by atoms with Gasteiger partial charge in [0.15, 0.2) is 6.61 Å². The third-order valence-electron chi connectivity index (χ3n) is 5.59. The van der Waals surface area contributed by atoms with Crippen molar-refractivity contribution in [1.82, 2.24) is 0 Å². The number of urea groups is 1. The van der Waals surface area contributed by atoms with E-state index >= 15 is 0 Å². The SMILES string of the molecule is CC(C)CN(c1ccc(OCC(=O)O)cc1NC(=O)Nc1cc(F)cc(F)c1)C1CCCCC1. The second-order valence-corrected chi connectivity index (χ2v) is 8.94. The fourth-order valence-electron chi connectivity index (χ4n) is 4.24. The van der Waals surface area contributed by atoms with Gasteiger partial charge in [0.05, 0.1) is 11.4 Å². The molecule has 2 aromatic rings. The summed E-state index contributed by atoms with van der Waals surface area (Å²) >= 11 is 0. The van der Waals surface area contributed by atoms with Crippen molar-refractivity contribution in [3.63, 3.8) is 0 Å². The average molecular weight is 476 g/mol. The van der Waals surface area contributed by atoms with Gasteiger partial charge in [-0.25, -0.2) is 18.4 Å².